The van der Waals surface area contributed by atoms with E-state index >= 15 is 0 Å². The van der Waals surface area contributed by atoms with Crippen LogP contribution in [0.4, 0.5) is 0 Å². The molecule has 18 heavy (non-hydrogen) atoms. The lowest BCUT2D eigenvalue weighted by Crippen LogP contribution is -2.41. The minimum Gasteiger partial charge on any atom is -0.338 e. The molecule has 0 bridgehead atoms. The van der Waals surface area contributed by atoms with Gasteiger partial charge in [0.25, 0.3) is 5.91 Å². The second-order valence-corrected chi connectivity index (χ2v) is 4.32. The maximum Gasteiger partial charge on any atom is 0.253 e. The standard InChI is InChI=1S/C13H15N3O2/c14-9-10-1-3-11(4-2-10)13(17)16-7-5-12(18-15)6-8-16/h1-4,12H,5-8,15H2. The van der Waals surface area contributed by atoms with Crippen LogP contribution in [0.2, 0.25) is 0 Å². The first-order valence-corrected chi connectivity index (χ1v) is 5.89. The van der Waals surface area contributed by atoms with Crippen molar-refractivity contribution in [3.05, 3.63) is 35.4 Å². The van der Waals surface area contributed by atoms with Crippen LogP contribution >= 0.6 is 0 Å². The Morgan fingerprint density at radius 3 is 2.44 bits per heavy atom. The summed E-state index contributed by atoms with van der Waals surface area (Å²) < 4.78 is 0. The molecule has 94 valence electrons. The van der Waals surface area contributed by atoms with Gasteiger partial charge in [0.15, 0.2) is 0 Å². The molecule has 0 radical (unpaired) electrons. The fourth-order valence-corrected chi connectivity index (χ4v) is 2.06. The van der Waals surface area contributed by atoms with Gasteiger partial charge in [-0.05, 0) is 37.1 Å². The predicted octanol–water partition coefficient (Wildman–Crippen LogP) is 1.05. The van der Waals surface area contributed by atoms with E-state index in [0.29, 0.717) is 24.2 Å². The van der Waals surface area contributed by atoms with Crippen molar-refractivity contribution >= 4 is 5.91 Å². The molecule has 1 heterocycles. The number of benzene rings is 1. The Hall–Kier alpha value is -1.90. The molecular formula is C13H15N3O2. The third kappa shape index (κ3) is 2.67. The molecule has 0 unspecified atom stereocenters. The Balaban J connectivity index is 2.01. The number of nitriles is 1. The van der Waals surface area contributed by atoms with E-state index in [2.05, 4.69) is 0 Å². The van der Waals surface area contributed by atoms with Crippen molar-refractivity contribution in [3.63, 3.8) is 0 Å². The van der Waals surface area contributed by atoms with Crippen LogP contribution in [0.1, 0.15) is 28.8 Å². The summed E-state index contributed by atoms with van der Waals surface area (Å²) in [7, 11) is 0. The summed E-state index contributed by atoms with van der Waals surface area (Å²) in [4.78, 5) is 18.7. The lowest BCUT2D eigenvalue weighted by Gasteiger charge is -2.30. The summed E-state index contributed by atoms with van der Waals surface area (Å²) in [6, 6.07) is 8.72. The van der Waals surface area contributed by atoms with Crippen LogP contribution in [0.3, 0.4) is 0 Å². The van der Waals surface area contributed by atoms with Gasteiger partial charge in [-0.25, -0.2) is 5.90 Å². The van der Waals surface area contributed by atoms with E-state index in [-0.39, 0.29) is 12.0 Å². The minimum absolute atomic E-state index is 0.00467. The number of carbonyl (C=O) groups is 1. The van der Waals surface area contributed by atoms with Crippen molar-refractivity contribution in [1.29, 1.82) is 5.26 Å². The Morgan fingerprint density at radius 1 is 1.33 bits per heavy atom. The van der Waals surface area contributed by atoms with E-state index in [4.69, 9.17) is 16.0 Å². The summed E-state index contributed by atoms with van der Waals surface area (Å²) in [6.45, 7) is 1.31. The van der Waals surface area contributed by atoms with Crippen LogP contribution in [-0.4, -0.2) is 30.0 Å². The highest BCUT2D eigenvalue weighted by atomic mass is 16.6. The number of rotatable bonds is 2. The molecule has 1 aromatic rings. The molecule has 1 saturated heterocycles. The molecule has 1 fully saturated rings. The number of hydrogen-bond acceptors (Lipinski definition) is 4. The van der Waals surface area contributed by atoms with Crippen molar-refractivity contribution in [1.82, 2.24) is 4.90 Å². The number of hydrogen-bond donors (Lipinski definition) is 1. The minimum atomic E-state index is -0.00467. The van der Waals surface area contributed by atoms with Crippen LogP contribution in [0.15, 0.2) is 24.3 Å². The van der Waals surface area contributed by atoms with Gasteiger partial charge in [-0.2, -0.15) is 5.26 Å². The van der Waals surface area contributed by atoms with E-state index in [9.17, 15) is 4.79 Å². The Bertz CT molecular complexity index is 456. The maximum absolute atomic E-state index is 12.2. The van der Waals surface area contributed by atoms with Gasteiger partial charge in [0.1, 0.15) is 0 Å². The summed E-state index contributed by atoms with van der Waals surface area (Å²) in [5, 5.41) is 8.70. The van der Waals surface area contributed by atoms with Crippen molar-refractivity contribution in [3.8, 4) is 6.07 Å². The lowest BCUT2D eigenvalue weighted by atomic mass is 10.1. The molecule has 1 aromatic carbocycles. The van der Waals surface area contributed by atoms with Gasteiger partial charge in [0.2, 0.25) is 0 Å². The van der Waals surface area contributed by atoms with Gasteiger partial charge in [-0.3, -0.25) is 4.79 Å². The molecule has 0 aromatic heterocycles. The summed E-state index contributed by atoms with van der Waals surface area (Å²) >= 11 is 0. The highest BCUT2D eigenvalue weighted by molar-refractivity contribution is 5.94. The third-order valence-electron chi connectivity index (χ3n) is 3.18. The van der Waals surface area contributed by atoms with Gasteiger partial charge >= 0.3 is 0 Å². The molecule has 5 nitrogen and oxygen atoms in total. The molecule has 1 aliphatic heterocycles. The molecule has 1 aliphatic rings. The molecule has 2 rings (SSSR count). The van der Waals surface area contributed by atoms with Crippen LogP contribution in [-0.2, 0) is 4.84 Å². The van der Waals surface area contributed by atoms with Gasteiger partial charge in [-0.1, -0.05) is 0 Å². The van der Waals surface area contributed by atoms with E-state index in [1.165, 1.54) is 0 Å². The molecule has 0 aliphatic carbocycles. The fraction of sp³-hybridized carbons (Fsp3) is 0.385. The average Bonchev–Trinajstić information content (AvgIpc) is 2.47. The highest BCUT2D eigenvalue weighted by Crippen LogP contribution is 2.15. The maximum atomic E-state index is 12.2. The Kier molecular flexibility index (Phi) is 3.92. The first-order valence-electron chi connectivity index (χ1n) is 5.89. The number of piperidine rings is 1. The van der Waals surface area contributed by atoms with Crippen LogP contribution in [0.25, 0.3) is 0 Å². The zero-order valence-electron chi connectivity index (χ0n) is 10.0. The van der Waals surface area contributed by atoms with Crippen LogP contribution in [0.5, 0.6) is 0 Å². The normalized spacial score (nSPS) is 16.3. The fourth-order valence-electron chi connectivity index (χ4n) is 2.06. The van der Waals surface area contributed by atoms with E-state index in [1.54, 1.807) is 29.2 Å². The first-order chi connectivity index (χ1) is 8.74. The summed E-state index contributed by atoms with van der Waals surface area (Å²) in [5.74, 6) is 5.13. The number of amides is 1. The number of nitrogens with two attached hydrogens (primary N) is 1. The highest BCUT2D eigenvalue weighted by Gasteiger charge is 2.23. The molecule has 0 atom stereocenters. The second-order valence-electron chi connectivity index (χ2n) is 4.32. The zero-order valence-corrected chi connectivity index (χ0v) is 10.0. The first kappa shape index (κ1) is 12.6. The molecule has 5 heteroatoms. The third-order valence-corrected chi connectivity index (χ3v) is 3.18. The molecule has 0 spiro atoms. The van der Waals surface area contributed by atoms with Gasteiger partial charge in [-0.15, -0.1) is 0 Å². The van der Waals surface area contributed by atoms with Crippen molar-refractivity contribution in [2.45, 2.75) is 18.9 Å². The average molecular weight is 245 g/mol. The van der Waals surface area contributed by atoms with Crippen molar-refractivity contribution < 1.29 is 9.63 Å². The number of carbonyl (C=O) groups excluding carboxylic acids is 1. The van der Waals surface area contributed by atoms with Crippen molar-refractivity contribution in [2.24, 2.45) is 5.90 Å². The Morgan fingerprint density at radius 2 is 1.94 bits per heavy atom. The predicted molar refractivity (Wildman–Crippen MR) is 65.4 cm³/mol. The van der Waals surface area contributed by atoms with E-state index < -0.39 is 0 Å². The summed E-state index contributed by atoms with van der Waals surface area (Å²) in [6.07, 6.45) is 1.58. The monoisotopic (exact) mass is 245 g/mol. The van der Waals surface area contributed by atoms with Gasteiger partial charge < -0.3 is 9.74 Å². The summed E-state index contributed by atoms with van der Waals surface area (Å²) in [5.41, 5.74) is 1.17. The smallest absolute Gasteiger partial charge is 0.253 e. The number of likely N-dealkylation sites (tertiary alicyclic amines) is 1. The molecule has 1 amide bonds. The molecule has 2 N–H and O–H groups in total. The van der Waals surface area contributed by atoms with Gasteiger partial charge in [0.05, 0.1) is 17.7 Å². The molecular weight excluding hydrogens is 230 g/mol. The van der Waals surface area contributed by atoms with Crippen LogP contribution in [0, 0.1) is 11.3 Å². The zero-order chi connectivity index (χ0) is 13.0. The lowest BCUT2D eigenvalue weighted by molar-refractivity contribution is 0.00781. The topological polar surface area (TPSA) is 79.3 Å². The van der Waals surface area contributed by atoms with Crippen LogP contribution < -0.4 is 5.90 Å². The van der Waals surface area contributed by atoms with Gasteiger partial charge in [0, 0.05) is 18.7 Å². The Labute approximate surface area is 106 Å². The van der Waals surface area contributed by atoms with Crippen molar-refractivity contribution in [2.75, 3.05) is 13.1 Å². The largest absolute Gasteiger partial charge is 0.338 e. The number of nitrogens with zero attached hydrogens (tertiary/aromatic N) is 2. The van der Waals surface area contributed by atoms with E-state index in [1.807, 2.05) is 6.07 Å². The molecule has 0 saturated carbocycles. The van der Waals surface area contributed by atoms with E-state index in [0.717, 1.165) is 12.8 Å². The SMILES string of the molecule is N#Cc1ccc(C(=O)N2CCC(ON)CC2)cc1. The quantitative estimate of drug-likeness (QED) is 0.790. The second kappa shape index (κ2) is 5.63.